The van der Waals surface area contributed by atoms with E-state index in [1.165, 1.54) is 0 Å². The van der Waals surface area contributed by atoms with Crippen LogP contribution in [0.5, 0.6) is 5.75 Å². The Morgan fingerprint density at radius 1 is 1.05 bits per heavy atom. The Kier molecular flexibility index (Phi) is 5.72. The van der Waals surface area contributed by atoms with E-state index in [0.29, 0.717) is 11.6 Å². The maximum atomic E-state index is 6.03. The van der Waals surface area contributed by atoms with Crippen LogP contribution in [0.4, 0.5) is 0 Å². The molecule has 106 valence electrons. The molecule has 0 aliphatic carbocycles. The monoisotopic (exact) mass is 309 g/mol. The Morgan fingerprint density at radius 3 is 2.60 bits per heavy atom. The van der Waals surface area contributed by atoms with Gasteiger partial charge >= 0.3 is 0 Å². The lowest BCUT2D eigenvalue weighted by Gasteiger charge is -2.12. The van der Waals surface area contributed by atoms with Crippen LogP contribution < -0.4 is 10.1 Å². The van der Waals surface area contributed by atoms with Crippen LogP contribution in [0.1, 0.15) is 18.1 Å². The minimum absolute atomic E-state index is 0.487. The zero-order valence-corrected chi connectivity index (χ0v) is 12.8. The molecule has 0 fully saturated rings. The molecule has 20 heavy (non-hydrogen) atoms. The summed E-state index contributed by atoms with van der Waals surface area (Å²) >= 11 is 12.0. The predicted molar refractivity (Wildman–Crippen MR) is 84.6 cm³/mol. The smallest absolute Gasteiger partial charge is 0.124 e. The SMILES string of the molecule is CCNCc1cc(Cl)ccc1OCc1cccc(Cl)c1. The predicted octanol–water partition coefficient (Wildman–Crippen LogP) is 4.68. The van der Waals surface area contributed by atoms with E-state index in [2.05, 4.69) is 12.2 Å². The lowest BCUT2D eigenvalue weighted by molar-refractivity contribution is 0.302. The molecule has 0 aliphatic heterocycles. The van der Waals surface area contributed by atoms with Crippen molar-refractivity contribution in [3.63, 3.8) is 0 Å². The van der Waals surface area contributed by atoms with E-state index in [-0.39, 0.29) is 0 Å². The maximum absolute atomic E-state index is 6.03. The molecule has 4 heteroatoms. The van der Waals surface area contributed by atoms with Gasteiger partial charge in [-0.15, -0.1) is 0 Å². The number of hydrogen-bond donors (Lipinski definition) is 1. The van der Waals surface area contributed by atoms with Crippen molar-refractivity contribution in [1.82, 2.24) is 5.32 Å². The Hall–Kier alpha value is -1.22. The minimum Gasteiger partial charge on any atom is -0.489 e. The van der Waals surface area contributed by atoms with Crippen LogP contribution in [0.25, 0.3) is 0 Å². The summed E-state index contributed by atoms with van der Waals surface area (Å²) in [4.78, 5) is 0. The molecule has 2 aromatic carbocycles. The second-order valence-electron chi connectivity index (χ2n) is 4.45. The Morgan fingerprint density at radius 2 is 1.85 bits per heavy atom. The number of hydrogen-bond acceptors (Lipinski definition) is 2. The summed E-state index contributed by atoms with van der Waals surface area (Å²) in [5, 5.41) is 4.71. The van der Waals surface area contributed by atoms with E-state index in [1.54, 1.807) is 0 Å². The maximum Gasteiger partial charge on any atom is 0.124 e. The normalized spacial score (nSPS) is 10.6. The van der Waals surface area contributed by atoms with Gasteiger partial charge in [-0.05, 0) is 42.4 Å². The molecule has 0 aliphatic rings. The van der Waals surface area contributed by atoms with Crippen LogP contribution in [-0.4, -0.2) is 6.54 Å². The Labute approximate surface area is 129 Å². The van der Waals surface area contributed by atoms with Crippen LogP contribution in [0, 0.1) is 0 Å². The van der Waals surface area contributed by atoms with Gasteiger partial charge in [0.15, 0.2) is 0 Å². The summed E-state index contributed by atoms with van der Waals surface area (Å²) in [7, 11) is 0. The van der Waals surface area contributed by atoms with Gasteiger partial charge in [-0.3, -0.25) is 0 Å². The quantitative estimate of drug-likeness (QED) is 0.836. The standard InChI is InChI=1S/C16H17Cl2NO/c1-2-19-10-13-9-15(18)6-7-16(13)20-11-12-4-3-5-14(17)8-12/h3-9,19H,2,10-11H2,1H3. The molecule has 0 radical (unpaired) electrons. The summed E-state index contributed by atoms with van der Waals surface area (Å²) < 4.78 is 5.87. The third-order valence-corrected chi connectivity index (χ3v) is 3.34. The zero-order chi connectivity index (χ0) is 14.4. The van der Waals surface area contributed by atoms with Gasteiger partial charge in [0, 0.05) is 22.2 Å². The zero-order valence-electron chi connectivity index (χ0n) is 11.3. The first-order chi connectivity index (χ1) is 9.69. The molecule has 1 N–H and O–H groups in total. The van der Waals surface area contributed by atoms with Crippen molar-refractivity contribution in [3.8, 4) is 5.75 Å². The van der Waals surface area contributed by atoms with E-state index in [1.807, 2.05) is 42.5 Å². The van der Waals surface area contributed by atoms with Crippen LogP contribution in [0.2, 0.25) is 10.0 Å². The van der Waals surface area contributed by atoms with Crippen LogP contribution in [0.3, 0.4) is 0 Å². The molecule has 0 heterocycles. The third-order valence-electron chi connectivity index (χ3n) is 2.87. The largest absolute Gasteiger partial charge is 0.489 e. The molecule has 2 nitrogen and oxygen atoms in total. The molecular weight excluding hydrogens is 293 g/mol. The van der Waals surface area contributed by atoms with Crippen molar-refractivity contribution >= 4 is 23.2 Å². The average Bonchev–Trinajstić information content (AvgIpc) is 2.44. The van der Waals surface area contributed by atoms with Gasteiger partial charge in [0.1, 0.15) is 12.4 Å². The number of ether oxygens (including phenoxy) is 1. The first-order valence-corrected chi connectivity index (χ1v) is 7.31. The molecule has 0 saturated heterocycles. The number of rotatable bonds is 6. The first-order valence-electron chi connectivity index (χ1n) is 6.55. The van der Waals surface area contributed by atoms with Crippen molar-refractivity contribution in [2.24, 2.45) is 0 Å². The average molecular weight is 310 g/mol. The summed E-state index contributed by atoms with van der Waals surface area (Å²) in [6.45, 7) is 4.19. The van der Waals surface area contributed by atoms with Crippen molar-refractivity contribution in [3.05, 3.63) is 63.6 Å². The molecule has 0 amide bonds. The fraction of sp³-hybridized carbons (Fsp3) is 0.250. The molecule has 0 aromatic heterocycles. The number of nitrogens with one attached hydrogen (secondary N) is 1. The second-order valence-corrected chi connectivity index (χ2v) is 5.32. The lowest BCUT2D eigenvalue weighted by Crippen LogP contribution is -2.13. The van der Waals surface area contributed by atoms with Crippen molar-refractivity contribution in [2.45, 2.75) is 20.1 Å². The highest BCUT2D eigenvalue weighted by atomic mass is 35.5. The Bertz CT molecular complexity index is 572. The summed E-state index contributed by atoms with van der Waals surface area (Å²) in [6, 6.07) is 13.3. The van der Waals surface area contributed by atoms with Crippen molar-refractivity contribution in [2.75, 3.05) is 6.54 Å². The van der Waals surface area contributed by atoms with Gasteiger partial charge in [0.25, 0.3) is 0 Å². The van der Waals surface area contributed by atoms with Crippen LogP contribution in [0.15, 0.2) is 42.5 Å². The molecule has 0 bridgehead atoms. The fourth-order valence-corrected chi connectivity index (χ4v) is 2.28. The molecule has 0 atom stereocenters. The number of benzene rings is 2. The topological polar surface area (TPSA) is 21.3 Å². The molecule has 0 spiro atoms. The van der Waals surface area contributed by atoms with E-state index in [0.717, 1.165) is 35.0 Å². The van der Waals surface area contributed by atoms with E-state index in [9.17, 15) is 0 Å². The number of halogens is 2. The van der Waals surface area contributed by atoms with E-state index >= 15 is 0 Å². The van der Waals surface area contributed by atoms with Gasteiger partial charge in [-0.1, -0.05) is 42.3 Å². The van der Waals surface area contributed by atoms with Gasteiger partial charge in [-0.25, -0.2) is 0 Å². The van der Waals surface area contributed by atoms with E-state index in [4.69, 9.17) is 27.9 Å². The fourth-order valence-electron chi connectivity index (χ4n) is 1.87. The molecule has 0 saturated carbocycles. The highest BCUT2D eigenvalue weighted by Crippen LogP contribution is 2.24. The highest BCUT2D eigenvalue weighted by molar-refractivity contribution is 6.30. The summed E-state index contributed by atoms with van der Waals surface area (Å²) in [5.74, 6) is 0.843. The molecule has 2 rings (SSSR count). The van der Waals surface area contributed by atoms with Crippen LogP contribution in [-0.2, 0) is 13.2 Å². The van der Waals surface area contributed by atoms with Crippen molar-refractivity contribution < 1.29 is 4.74 Å². The summed E-state index contributed by atoms with van der Waals surface area (Å²) in [6.07, 6.45) is 0. The Balaban J connectivity index is 2.08. The first kappa shape index (κ1) is 15.2. The molecular formula is C16H17Cl2NO. The minimum atomic E-state index is 0.487. The van der Waals surface area contributed by atoms with Crippen molar-refractivity contribution in [1.29, 1.82) is 0 Å². The lowest BCUT2D eigenvalue weighted by atomic mass is 10.2. The third kappa shape index (κ3) is 4.41. The second kappa shape index (κ2) is 7.53. The molecule has 2 aromatic rings. The van der Waals surface area contributed by atoms with Crippen LogP contribution >= 0.6 is 23.2 Å². The van der Waals surface area contributed by atoms with Gasteiger partial charge in [0.05, 0.1) is 0 Å². The van der Waals surface area contributed by atoms with Gasteiger partial charge in [-0.2, -0.15) is 0 Å². The van der Waals surface area contributed by atoms with Gasteiger partial charge < -0.3 is 10.1 Å². The molecule has 0 unspecified atom stereocenters. The summed E-state index contributed by atoms with van der Waals surface area (Å²) in [5.41, 5.74) is 2.10. The highest BCUT2D eigenvalue weighted by Gasteiger charge is 2.05. The van der Waals surface area contributed by atoms with E-state index < -0.39 is 0 Å². The van der Waals surface area contributed by atoms with Gasteiger partial charge in [0.2, 0.25) is 0 Å².